The van der Waals surface area contributed by atoms with Gasteiger partial charge in [0.05, 0.1) is 6.85 Å². The molecule has 0 unspecified atom stereocenters. The minimum atomic E-state index is -0.322. The monoisotopic (exact) mass is 139 g/mol. The van der Waals surface area contributed by atoms with Crippen molar-refractivity contribution >= 4 is 0 Å². The summed E-state index contributed by atoms with van der Waals surface area (Å²) in [4.78, 5) is 0. The van der Waals surface area contributed by atoms with Crippen molar-refractivity contribution in [3.63, 3.8) is 0 Å². The lowest BCUT2D eigenvalue weighted by Gasteiger charge is -2.02. The molecule has 0 aliphatic rings. The minimum Gasteiger partial charge on any atom is -0.0625 e. The minimum absolute atomic E-state index is 0.0744. The molecule has 1 aromatic rings. The van der Waals surface area contributed by atoms with Crippen LogP contribution in [0.15, 0.2) is 30.2 Å². The predicted octanol–water partition coefficient (Wildman–Crippen LogP) is 2.89. The molecule has 54 valence electrons. The van der Waals surface area contributed by atoms with Crippen LogP contribution in [0.5, 0.6) is 0 Å². The predicted molar refractivity (Wildman–Crippen MR) is 45.0 cm³/mol. The van der Waals surface area contributed by atoms with Gasteiger partial charge in [0.2, 0.25) is 0 Å². The van der Waals surface area contributed by atoms with Gasteiger partial charge in [0.1, 0.15) is 0 Å². The quantitative estimate of drug-likeness (QED) is 0.591. The zero-order valence-electron chi connectivity index (χ0n) is 11.3. The van der Waals surface area contributed by atoms with Crippen LogP contribution in [0, 0.1) is 5.92 Å². The Balaban J connectivity index is 3.39. The normalized spacial score (nSPS) is 17.3. The fraction of sp³-hybridized carbons (Fsp3) is 0.400. The number of hydrogen-bond acceptors (Lipinski definition) is 0. The highest BCUT2D eigenvalue weighted by Crippen LogP contribution is 2.05. The average molecular weight is 139 g/mol. The first-order chi connectivity index (χ1) is 6.86. The molecule has 0 amide bonds. The first kappa shape index (κ1) is 3.08. The van der Waals surface area contributed by atoms with Crippen molar-refractivity contribution in [3.05, 3.63) is 35.8 Å². The van der Waals surface area contributed by atoms with E-state index in [-0.39, 0.29) is 36.1 Å². The van der Waals surface area contributed by atoms with E-state index in [9.17, 15) is 0 Å². The maximum atomic E-state index is 7.66. The standard InChI is InChI=1S/C10H14/c1-9(2)8-10-6-4-3-5-7-10/h3-7,9H,8H2,1-2H3/i3D,4D,5D,6D,7D. The summed E-state index contributed by atoms with van der Waals surface area (Å²) in [6, 6.07) is -0.958. The van der Waals surface area contributed by atoms with E-state index in [0.29, 0.717) is 12.0 Å². The third-order valence-electron chi connectivity index (χ3n) is 1.16. The van der Waals surface area contributed by atoms with Gasteiger partial charge >= 0.3 is 0 Å². The van der Waals surface area contributed by atoms with Crippen LogP contribution in [0.1, 0.15) is 26.3 Å². The molecular formula is C10H14. The van der Waals surface area contributed by atoms with Crippen molar-refractivity contribution in [1.29, 1.82) is 0 Å². The van der Waals surface area contributed by atoms with Crippen molar-refractivity contribution in [2.75, 3.05) is 0 Å². The summed E-state index contributed by atoms with van der Waals surface area (Å²) < 4.78 is 37.7. The first-order valence-corrected chi connectivity index (χ1v) is 3.42. The molecule has 0 heteroatoms. The largest absolute Gasteiger partial charge is 0.0626 e. The Morgan fingerprint density at radius 2 is 1.90 bits per heavy atom. The lowest BCUT2D eigenvalue weighted by atomic mass is 10.0. The van der Waals surface area contributed by atoms with Gasteiger partial charge < -0.3 is 0 Å². The van der Waals surface area contributed by atoms with Crippen LogP contribution in [0.2, 0.25) is 0 Å². The molecule has 0 nitrogen and oxygen atoms in total. The number of benzene rings is 1. The van der Waals surface area contributed by atoms with Gasteiger partial charge in [-0.2, -0.15) is 0 Å². The summed E-state index contributed by atoms with van der Waals surface area (Å²) in [6.07, 6.45) is 0.510. The molecule has 0 saturated carbocycles. The zero-order valence-corrected chi connectivity index (χ0v) is 6.28. The smallest absolute Gasteiger partial charge is 0.0625 e. The second-order valence-electron chi connectivity index (χ2n) is 2.70. The molecule has 1 aromatic carbocycles. The summed E-state index contributed by atoms with van der Waals surface area (Å²) in [5.41, 5.74) is 0.413. The third kappa shape index (κ3) is 2.22. The summed E-state index contributed by atoms with van der Waals surface area (Å²) in [6.45, 7) is 3.92. The van der Waals surface area contributed by atoms with Crippen molar-refractivity contribution < 1.29 is 6.85 Å². The van der Waals surface area contributed by atoms with Crippen LogP contribution in [-0.2, 0) is 6.42 Å². The molecule has 0 saturated heterocycles. The maximum Gasteiger partial charge on any atom is 0.0626 e. The second kappa shape index (κ2) is 3.40. The fourth-order valence-corrected chi connectivity index (χ4v) is 0.786. The number of rotatable bonds is 2. The van der Waals surface area contributed by atoms with Crippen LogP contribution in [0.3, 0.4) is 0 Å². The van der Waals surface area contributed by atoms with Crippen LogP contribution in [-0.4, -0.2) is 0 Å². The lowest BCUT2D eigenvalue weighted by molar-refractivity contribution is 0.647. The lowest BCUT2D eigenvalue weighted by Crippen LogP contribution is -1.92. The van der Waals surface area contributed by atoms with Crippen molar-refractivity contribution in [3.8, 4) is 0 Å². The van der Waals surface area contributed by atoms with E-state index >= 15 is 0 Å². The Labute approximate surface area is 69.9 Å². The highest BCUT2D eigenvalue weighted by molar-refractivity contribution is 5.14. The molecule has 0 aromatic heterocycles. The Morgan fingerprint density at radius 1 is 1.30 bits per heavy atom. The van der Waals surface area contributed by atoms with Gasteiger partial charge in [0.25, 0.3) is 0 Å². The van der Waals surface area contributed by atoms with E-state index in [1.807, 2.05) is 13.8 Å². The van der Waals surface area contributed by atoms with E-state index in [0.717, 1.165) is 0 Å². The molecule has 0 aliphatic heterocycles. The van der Waals surface area contributed by atoms with Crippen LogP contribution >= 0.6 is 0 Å². The van der Waals surface area contributed by atoms with Gasteiger partial charge in [-0.1, -0.05) is 44.1 Å². The van der Waals surface area contributed by atoms with E-state index in [1.54, 1.807) is 0 Å². The fourth-order valence-electron chi connectivity index (χ4n) is 0.786. The van der Waals surface area contributed by atoms with Gasteiger partial charge in [0, 0.05) is 0 Å². The number of hydrogen-bond donors (Lipinski definition) is 0. The van der Waals surface area contributed by atoms with Crippen LogP contribution in [0.25, 0.3) is 0 Å². The van der Waals surface area contributed by atoms with Crippen LogP contribution < -0.4 is 0 Å². The Bertz CT molecular complexity index is 355. The zero-order chi connectivity index (χ0) is 11.7. The molecule has 0 radical (unpaired) electrons. The molecule has 10 heavy (non-hydrogen) atoms. The van der Waals surface area contributed by atoms with Crippen molar-refractivity contribution in [1.82, 2.24) is 0 Å². The molecule has 1 rings (SSSR count). The van der Waals surface area contributed by atoms with Gasteiger partial charge in [0.15, 0.2) is 0 Å². The summed E-state index contributed by atoms with van der Waals surface area (Å²) in [5.74, 6) is 0.272. The maximum absolute atomic E-state index is 7.66. The van der Waals surface area contributed by atoms with Gasteiger partial charge in [-0.15, -0.1) is 0 Å². The van der Waals surface area contributed by atoms with Crippen LogP contribution in [0.4, 0.5) is 0 Å². The molecule has 0 fully saturated rings. The molecule has 0 atom stereocenters. The SMILES string of the molecule is [2H]c1c([2H])c([2H])c(CC(C)C)c([2H])c1[2H]. The molecule has 0 spiro atoms. The van der Waals surface area contributed by atoms with Crippen molar-refractivity contribution in [2.24, 2.45) is 5.92 Å². The third-order valence-corrected chi connectivity index (χ3v) is 1.16. The highest BCUT2D eigenvalue weighted by Gasteiger charge is 1.94. The molecule has 0 N–H and O–H groups in total. The Kier molecular flexibility index (Phi) is 1.05. The van der Waals surface area contributed by atoms with E-state index in [1.165, 1.54) is 0 Å². The summed E-state index contributed by atoms with van der Waals surface area (Å²) in [5, 5.41) is 0. The van der Waals surface area contributed by atoms with Gasteiger partial charge in [-0.3, -0.25) is 0 Å². The molecular weight excluding hydrogens is 120 g/mol. The van der Waals surface area contributed by atoms with E-state index in [4.69, 9.17) is 6.85 Å². The topological polar surface area (TPSA) is 0 Å². The highest BCUT2D eigenvalue weighted by atomic mass is 14.0. The first-order valence-electron chi connectivity index (χ1n) is 5.92. The Morgan fingerprint density at radius 3 is 2.40 bits per heavy atom. The Hall–Kier alpha value is -0.780. The average Bonchev–Trinajstić information content (AvgIpc) is 2.18. The second-order valence-corrected chi connectivity index (χ2v) is 2.70. The summed E-state index contributed by atoms with van der Waals surface area (Å²) >= 11 is 0. The van der Waals surface area contributed by atoms with Gasteiger partial charge in [-0.25, -0.2) is 0 Å². The van der Waals surface area contributed by atoms with E-state index < -0.39 is 0 Å². The summed E-state index contributed by atoms with van der Waals surface area (Å²) in [7, 11) is 0. The molecule has 0 heterocycles. The molecule has 0 bridgehead atoms. The van der Waals surface area contributed by atoms with Crippen molar-refractivity contribution in [2.45, 2.75) is 20.3 Å². The van der Waals surface area contributed by atoms with Gasteiger partial charge in [-0.05, 0) is 17.9 Å². The molecule has 0 aliphatic carbocycles. The van der Waals surface area contributed by atoms with E-state index in [2.05, 4.69) is 0 Å².